The number of unbranched alkanes of at least 4 members (excludes halogenated alkanes) is 4. The lowest BCUT2D eigenvalue weighted by Gasteiger charge is -2.09. The Bertz CT molecular complexity index is 495. The largest absolute Gasteiger partial charge is 0.0990 e. The van der Waals surface area contributed by atoms with E-state index in [2.05, 4.69) is 72.8 Å². The summed E-state index contributed by atoms with van der Waals surface area (Å²) >= 11 is 3.56. The van der Waals surface area contributed by atoms with Crippen LogP contribution in [0.15, 0.2) is 53.6 Å². The van der Waals surface area contributed by atoms with Crippen LogP contribution in [0.4, 0.5) is 0 Å². The molecule has 0 radical (unpaired) electrons. The monoisotopic (exact) mass is 346 g/mol. The molecule has 0 nitrogen and oxygen atoms in total. The summed E-state index contributed by atoms with van der Waals surface area (Å²) in [4.78, 5) is 0. The third-order valence-electron chi connectivity index (χ3n) is 3.58. The SMILES string of the molecule is C=C/C=C(\C=C/CCCCCC)c1ccc(Br)cc1CC. The van der Waals surface area contributed by atoms with Gasteiger partial charge in [-0.05, 0) is 48.1 Å². The van der Waals surface area contributed by atoms with Crippen molar-refractivity contribution in [2.24, 2.45) is 0 Å². The second-order valence-corrected chi connectivity index (χ2v) is 6.18. The first-order valence-electron chi connectivity index (χ1n) is 8.01. The second-order valence-electron chi connectivity index (χ2n) is 5.26. The average Bonchev–Trinajstić information content (AvgIpc) is 2.49. The van der Waals surface area contributed by atoms with Crippen LogP contribution in [0.25, 0.3) is 5.57 Å². The van der Waals surface area contributed by atoms with Crippen LogP contribution >= 0.6 is 15.9 Å². The highest BCUT2D eigenvalue weighted by Crippen LogP contribution is 2.25. The van der Waals surface area contributed by atoms with E-state index in [1.165, 1.54) is 42.4 Å². The summed E-state index contributed by atoms with van der Waals surface area (Å²) in [5.41, 5.74) is 3.93. The molecule has 0 N–H and O–H groups in total. The van der Waals surface area contributed by atoms with Gasteiger partial charge < -0.3 is 0 Å². The third-order valence-corrected chi connectivity index (χ3v) is 4.07. The number of rotatable bonds is 9. The molecule has 21 heavy (non-hydrogen) atoms. The minimum Gasteiger partial charge on any atom is -0.0990 e. The molecule has 114 valence electrons. The Labute approximate surface area is 138 Å². The molecule has 0 atom stereocenters. The van der Waals surface area contributed by atoms with Crippen molar-refractivity contribution in [2.75, 3.05) is 0 Å². The fourth-order valence-electron chi connectivity index (χ4n) is 2.40. The summed E-state index contributed by atoms with van der Waals surface area (Å²) in [6.45, 7) is 8.30. The number of aryl methyl sites for hydroxylation is 1. The highest BCUT2D eigenvalue weighted by molar-refractivity contribution is 9.10. The van der Waals surface area contributed by atoms with Gasteiger partial charge >= 0.3 is 0 Å². The Morgan fingerprint density at radius 2 is 2.00 bits per heavy atom. The molecule has 0 saturated carbocycles. The molecule has 1 aromatic rings. The number of benzene rings is 1. The van der Waals surface area contributed by atoms with Gasteiger partial charge in [0.2, 0.25) is 0 Å². The molecule has 1 rings (SSSR count). The Balaban J connectivity index is 2.81. The van der Waals surface area contributed by atoms with Crippen molar-refractivity contribution in [3.63, 3.8) is 0 Å². The predicted octanol–water partition coefficient (Wildman–Crippen LogP) is 7.11. The van der Waals surface area contributed by atoms with Crippen molar-refractivity contribution in [1.82, 2.24) is 0 Å². The zero-order valence-corrected chi connectivity index (χ0v) is 15.0. The maximum atomic E-state index is 3.85. The minimum absolute atomic E-state index is 1.04. The van der Waals surface area contributed by atoms with E-state index in [1.54, 1.807) is 0 Å². The van der Waals surface area contributed by atoms with Gasteiger partial charge in [0.15, 0.2) is 0 Å². The zero-order chi connectivity index (χ0) is 15.5. The van der Waals surface area contributed by atoms with Gasteiger partial charge in [-0.3, -0.25) is 0 Å². The van der Waals surface area contributed by atoms with Crippen molar-refractivity contribution in [2.45, 2.75) is 52.4 Å². The van der Waals surface area contributed by atoms with E-state index in [0.717, 1.165) is 17.3 Å². The van der Waals surface area contributed by atoms with E-state index in [1.807, 2.05) is 6.08 Å². The maximum Gasteiger partial charge on any atom is 0.0178 e. The predicted molar refractivity (Wildman–Crippen MR) is 99.6 cm³/mol. The van der Waals surface area contributed by atoms with E-state index in [9.17, 15) is 0 Å². The van der Waals surface area contributed by atoms with Gasteiger partial charge in [-0.1, -0.05) is 86.0 Å². The van der Waals surface area contributed by atoms with Crippen LogP contribution in [-0.2, 0) is 6.42 Å². The van der Waals surface area contributed by atoms with Crippen LogP contribution in [0.2, 0.25) is 0 Å². The Hall–Kier alpha value is -1.08. The molecular formula is C20H27Br. The van der Waals surface area contributed by atoms with E-state index in [4.69, 9.17) is 0 Å². The Morgan fingerprint density at radius 1 is 1.19 bits per heavy atom. The summed E-state index contributed by atoms with van der Waals surface area (Å²) in [7, 11) is 0. The molecule has 1 aromatic carbocycles. The Morgan fingerprint density at radius 3 is 2.67 bits per heavy atom. The van der Waals surface area contributed by atoms with E-state index < -0.39 is 0 Å². The van der Waals surface area contributed by atoms with Gasteiger partial charge in [-0.15, -0.1) is 0 Å². The van der Waals surface area contributed by atoms with Crippen molar-refractivity contribution in [1.29, 1.82) is 0 Å². The summed E-state index contributed by atoms with van der Waals surface area (Å²) < 4.78 is 1.14. The fraction of sp³-hybridized carbons (Fsp3) is 0.400. The van der Waals surface area contributed by atoms with Gasteiger partial charge in [-0.25, -0.2) is 0 Å². The molecule has 0 aliphatic carbocycles. The maximum absolute atomic E-state index is 3.85. The summed E-state index contributed by atoms with van der Waals surface area (Å²) in [6.07, 6.45) is 16.0. The fourth-order valence-corrected chi connectivity index (χ4v) is 2.81. The first-order valence-corrected chi connectivity index (χ1v) is 8.80. The quantitative estimate of drug-likeness (QED) is 0.330. The molecule has 0 bridgehead atoms. The van der Waals surface area contributed by atoms with Gasteiger partial charge in [0.25, 0.3) is 0 Å². The lowest BCUT2D eigenvalue weighted by atomic mass is 9.97. The van der Waals surface area contributed by atoms with Gasteiger partial charge in [0.1, 0.15) is 0 Å². The first-order chi connectivity index (χ1) is 10.2. The topological polar surface area (TPSA) is 0 Å². The molecule has 0 fully saturated rings. The number of allylic oxidation sites excluding steroid dienone is 5. The van der Waals surface area contributed by atoms with Gasteiger partial charge in [0, 0.05) is 4.47 Å². The van der Waals surface area contributed by atoms with E-state index >= 15 is 0 Å². The van der Waals surface area contributed by atoms with Crippen LogP contribution in [0, 0.1) is 0 Å². The lowest BCUT2D eigenvalue weighted by molar-refractivity contribution is 0.674. The average molecular weight is 347 g/mol. The van der Waals surface area contributed by atoms with Crippen LogP contribution in [0.3, 0.4) is 0 Å². The highest BCUT2D eigenvalue weighted by atomic mass is 79.9. The van der Waals surface area contributed by atoms with E-state index in [-0.39, 0.29) is 0 Å². The highest BCUT2D eigenvalue weighted by Gasteiger charge is 2.04. The third kappa shape index (κ3) is 6.48. The van der Waals surface area contributed by atoms with Crippen molar-refractivity contribution in [3.8, 4) is 0 Å². The molecule has 0 aliphatic rings. The molecule has 0 saturated heterocycles. The summed E-state index contributed by atoms with van der Waals surface area (Å²) in [5, 5.41) is 0. The summed E-state index contributed by atoms with van der Waals surface area (Å²) in [5.74, 6) is 0. The minimum atomic E-state index is 1.04. The van der Waals surface area contributed by atoms with E-state index in [0.29, 0.717) is 0 Å². The van der Waals surface area contributed by atoms with Crippen LogP contribution in [0.5, 0.6) is 0 Å². The number of halogens is 1. The van der Waals surface area contributed by atoms with Crippen molar-refractivity contribution < 1.29 is 0 Å². The van der Waals surface area contributed by atoms with Gasteiger partial charge in [-0.2, -0.15) is 0 Å². The molecule has 0 unspecified atom stereocenters. The van der Waals surface area contributed by atoms with Crippen LogP contribution in [-0.4, -0.2) is 0 Å². The van der Waals surface area contributed by atoms with Crippen molar-refractivity contribution in [3.05, 3.63) is 64.7 Å². The normalized spacial score (nSPS) is 12.0. The number of hydrogen-bond donors (Lipinski definition) is 0. The lowest BCUT2D eigenvalue weighted by Crippen LogP contribution is -1.91. The number of hydrogen-bond acceptors (Lipinski definition) is 0. The molecule has 1 heteroatoms. The van der Waals surface area contributed by atoms with Crippen molar-refractivity contribution >= 4 is 21.5 Å². The molecule has 0 spiro atoms. The molecule has 0 aliphatic heterocycles. The Kier molecular flexibility index (Phi) is 9.09. The van der Waals surface area contributed by atoms with Crippen LogP contribution in [0.1, 0.15) is 57.1 Å². The zero-order valence-electron chi connectivity index (χ0n) is 13.4. The standard InChI is InChI=1S/C20H27Br/c1-4-7-8-9-10-11-13-18(12-5-2)20-15-14-19(21)16-17(20)6-3/h5,11-16H,2,4,6-10H2,1,3H3/b13-11-,18-12+. The first kappa shape index (κ1) is 18.0. The smallest absolute Gasteiger partial charge is 0.0178 e. The molecule has 0 aromatic heterocycles. The molecular weight excluding hydrogens is 320 g/mol. The van der Waals surface area contributed by atoms with Gasteiger partial charge in [0.05, 0.1) is 0 Å². The van der Waals surface area contributed by atoms with Crippen LogP contribution < -0.4 is 0 Å². The summed E-state index contributed by atoms with van der Waals surface area (Å²) in [6, 6.07) is 6.52. The molecule has 0 amide bonds. The second kappa shape index (κ2) is 10.6. The molecule has 0 heterocycles.